The van der Waals surface area contributed by atoms with Crippen molar-refractivity contribution >= 4 is 17.5 Å². The molecule has 0 aliphatic heterocycles. The van der Waals surface area contributed by atoms with Crippen molar-refractivity contribution in [3.05, 3.63) is 24.3 Å². The Morgan fingerprint density at radius 2 is 1.95 bits per heavy atom. The first-order valence-electron chi connectivity index (χ1n) is 6.02. The standard InChI is InChI=1S/C13H19N3O3/c1-9(13(18)15-2)16-12(17)7-8-19-11-5-3-10(14)4-6-11/h3-6,9H,7-8,14H2,1-2H3,(H,15,18)(H,16,17). The number of hydrogen-bond donors (Lipinski definition) is 3. The van der Waals surface area contributed by atoms with Crippen molar-refractivity contribution in [3.8, 4) is 5.75 Å². The molecule has 0 fully saturated rings. The van der Waals surface area contributed by atoms with E-state index in [1.54, 1.807) is 31.2 Å². The largest absolute Gasteiger partial charge is 0.493 e. The minimum atomic E-state index is -0.547. The van der Waals surface area contributed by atoms with Gasteiger partial charge in [0.25, 0.3) is 0 Å². The van der Waals surface area contributed by atoms with E-state index in [1.807, 2.05) is 0 Å². The smallest absolute Gasteiger partial charge is 0.242 e. The monoisotopic (exact) mass is 265 g/mol. The number of carbonyl (C=O) groups excluding carboxylic acids is 2. The Morgan fingerprint density at radius 1 is 1.32 bits per heavy atom. The number of ether oxygens (including phenoxy) is 1. The maximum atomic E-state index is 11.5. The van der Waals surface area contributed by atoms with Crippen LogP contribution in [0.4, 0.5) is 5.69 Å². The van der Waals surface area contributed by atoms with Crippen molar-refractivity contribution in [2.75, 3.05) is 19.4 Å². The number of likely N-dealkylation sites (N-methyl/N-ethyl adjacent to an activating group) is 1. The van der Waals surface area contributed by atoms with E-state index in [-0.39, 0.29) is 24.8 Å². The van der Waals surface area contributed by atoms with Crippen LogP contribution in [0.1, 0.15) is 13.3 Å². The Morgan fingerprint density at radius 3 is 2.53 bits per heavy atom. The third-order valence-corrected chi connectivity index (χ3v) is 2.50. The lowest BCUT2D eigenvalue weighted by molar-refractivity contribution is -0.128. The Hall–Kier alpha value is -2.24. The minimum absolute atomic E-state index is 0.186. The van der Waals surface area contributed by atoms with Gasteiger partial charge in [0.2, 0.25) is 11.8 Å². The summed E-state index contributed by atoms with van der Waals surface area (Å²) in [5, 5.41) is 5.04. The average Bonchev–Trinajstić information content (AvgIpc) is 2.40. The molecule has 1 aromatic carbocycles. The van der Waals surface area contributed by atoms with Crippen LogP contribution in [0.15, 0.2) is 24.3 Å². The van der Waals surface area contributed by atoms with Crippen molar-refractivity contribution in [2.24, 2.45) is 0 Å². The van der Waals surface area contributed by atoms with Gasteiger partial charge in [-0.15, -0.1) is 0 Å². The topological polar surface area (TPSA) is 93.5 Å². The predicted molar refractivity (Wildman–Crippen MR) is 72.6 cm³/mol. The highest BCUT2D eigenvalue weighted by molar-refractivity contribution is 5.87. The number of nitrogen functional groups attached to an aromatic ring is 1. The number of hydrogen-bond acceptors (Lipinski definition) is 4. The maximum Gasteiger partial charge on any atom is 0.242 e. The van der Waals surface area contributed by atoms with Gasteiger partial charge in [-0.25, -0.2) is 0 Å². The van der Waals surface area contributed by atoms with Crippen LogP contribution in [0.25, 0.3) is 0 Å². The lowest BCUT2D eigenvalue weighted by Gasteiger charge is -2.12. The van der Waals surface area contributed by atoms with Gasteiger partial charge in [0, 0.05) is 12.7 Å². The second kappa shape index (κ2) is 7.25. The van der Waals surface area contributed by atoms with Gasteiger partial charge in [0.05, 0.1) is 13.0 Å². The molecule has 1 aromatic rings. The van der Waals surface area contributed by atoms with Crippen molar-refractivity contribution in [3.63, 3.8) is 0 Å². The molecule has 1 atom stereocenters. The first kappa shape index (κ1) is 14.8. The highest BCUT2D eigenvalue weighted by atomic mass is 16.5. The molecule has 104 valence electrons. The molecule has 2 amide bonds. The summed E-state index contributed by atoms with van der Waals surface area (Å²) in [6.45, 7) is 1.87. The zero-order valence-electron chi connectivity index (χ0n) is 11.1. The molecule has 4 N–H and O–H groups in total. The zero-order valence-corrected chi connectivity index (χ0v) is 11.1. The first-order chi connectivity index (χ1) is 9.02. The SMILES string of the molecule is CNC(=O)C(C)NC(=O)CCOc1ccc(N)cc1. The second-order valence-corrected chi connectivity index (χ2v) is 4.07. The van der Waals surface area contributed by atoms with Gasteiger partial charge in [-0.05, 0) is 31.2 Å². The number of anilines is 1. The summed E-state index contributed by atoms with van der Waals surface area (Å²) < 4.78 is 5.38. The summed E-state index contributed by atoms with van der Waals surface area (Å²) in [5.41, 5.74) is 6.20. The number of benzene rings is 1. The van der Waals surface area contributed by atoms with Gasteiger partial charge in [-0.2, -0.15) is 0 Å². The van der Waals surface area contributed by atoms with Gasteiger partial charge >= 0.3 is 0 Å². The molecule has 0 spiro atoms. The normalized spacial score (nSPS) is 11.5. The van der Waals surface area contributed by atoms with Crippen LogP contribution in [0.2, 0.25) is 0 Å². The number of carbonyl (C=O) groups is 2. The maximum absolute atomic E-state index is 11.5. The van der Waals surface area contributed by atoms with E-state index in [0.29, 0.717) is 11.4 Å². The lowest BCUT2D eigenvalue weighted by atomic mass is 10.3. The Kier molecular flexibility index (Phi) is 5.66. The van der Waals surface area contributed by atoms with Crippen LogP contribution < -0.4 is 21.1 Å². The fraction of sp³-hybridized carbons (Fsp3) is 0.385. The van der Waals surface area contributed by atoms with Crippen LogP contribution >= 0.6 is 0 Å². The van der Waals surface area contributed by atoms with E-state index in [4.69, 9.17) is 10.5 Å². The van der Waals surface area contributed by atoms with Crippen LogP contribution in [-0.2, 0) is 9.59 Å². The van der Waals surface area contributed by atoms with E-state index in [1.165, 1.54) is 7.05 Å². The van der Waals surface area contributed by atoms with Crippen molar-refractivity contribution < 1.29 is 14.3 Å². The number of nitrogens with one attached hydrogen (secondary N) is 2. The molecule has 1 rings (SSSR count). The van der Waals surface area contributed by atoms with Crippen LogP contribution in [-0.4, -0.2) is 31.5 Å². The highest BCUT2D eigenvalue weighted by Crippen LogP contribution is 2.12. The van der Waals surface area contributed by atoms with E-state index in [9.17, 15) is 9.59 Å². The van der Waals surface area contributed by atoms with Gasteiger partial charge in [-0.3, -0.25) is 9.59 Å². The quantitative estimate of drug-likeness (QED) is 0.644. The summed E-state index contributed by atoms with van der Waals surface area (Å²) in [6, 6.07) is 6.38. The van der Waals surface area contributed by atoms with Gasteiger partial charge in [0.1, 0.15) is 11.8 Å². The Bertz CT molecular complexity index is 431. The molecule has 0 radical (unpaired) electrons. The number of amides is 2. The zero-order chi connectivity index (χ0) is 14.3. The number of rotatable bonds is 6. The fourth-order valence-electron chi connectivity index (χ4n) is 1.42. The van der Waals surface area contributed by atoms with Crippen LogP contribution in [0, 0.1) is 0 Å². The van der Waals surface area contributed by atoms with E-state index in [0.717, 1.165) is 0 Å². The molecular formula is C13H19N3O3. The van der Waals surface area contributed by atoms with E-state index in [2.05, 4.69) is 10.6 Å². The number of nitrogens with two attached hydrogens (primary N) is 1. The van der Waals surface area contributed by atoms with Crippen molar-refractivity contribution in [1.82, 2.24) is 10.6 Å². The molecule has 0 bridgehead atoms. The van der Waals surface area contributed by atoms with Crippen molar-refractivity contribution in [1.29, 1.82) is 0 Å². The molecular weight excluding hydrogens is 246 g/mol. The molecule has 0 aromatic heterocycles. The molecule has 0 aliphatic carbocycles. The first-order valence-corrected chi connectivity index (χ1v) is 6.02. The molecule has 6 heteroatoms. The third-order valence-electron chi connectivity index (χ3n) is 2.50. The highest BCUT2D eigenvalue weighted by Gasteiger charge is 2.13. The molecule has 19 heavy (non-hydrogen) atoms. The Labute approximate surface area is 112 Å². The van der Waals surface area contributed by atoms with Gasteiger partial charge in [-0.1, -0.05) is 0 Å². The molecule has 0 saturated heterocycles. The van der Waals surface area contributed by atoms with Crippen LogP contribution in [0.3, 0.4) is 0 Å². The second-order valence-electron chi connectivity index (χ2n) is 4.07. The summed E-state index contributed by atoms with van der Waals surface area (Å²) in [7, 11) is 1.52. The van der Waals surface area contributed by atoms with Crippen molar-refractivity contribution in [2.45, 2.75) is 19.4 Å². The lowest BCUT2D eigenvalue weighted by Crippen LogP contribution is -2.43. The summed E-state index contributed by atoms with van der Waals surface area (Å²) in [6.07, 6.45) is 0.186. The molecule has 6 nitrogen and oxygen atoms in total. The van der Waals surface area contributed by atoms with Crippen LogP contribution in [0.5, 0.6) is 5.75 Å². The molecule has 0 heterocycles. The third kappa shape index (κ3) is 5.29. The molecule has 0 aliphatic rings. The van der Waals surface area contributed by atoms with E-state index >= 15 is 0 Å². The minimum Gasteiger partial charge on any atom is -0.493 e. The van der Waals surface area contributed by atoms with Gasteiger partial charge in [0.15, 0.2) is 0 Å². The summed E-state index contributed by atoms with van der Waals surface area (Å²) >= 11 is 0. The average molecular weight is 265 g/mol. The fourth-order valence-corrected chi connectivity index (χ4v) is 1.42. The predicted octanol–water partition coefficient (Wildman–Crippen LogP) is 0.288. The van der Waals surface area contributed by atoms with E-state index < -0.39 is 6.04 Å². The summed E-state index contributed by atoms with van der Waals surface area (Å²) in [4.78, 5) is 22.7. The van der Waals surface area contributed by atoms with Gasteiger partial charge < -0.3 is 21.1 Å². The summed E-state index contributed by atoms with van der Waals surface area (Å²) in [5.74, 6) is 0.195. The molecule has 0 saturated carbocycles. The molecule has 1 unspecified atom stereocenters. The Balaban J connectivity index is 2.27.